The molecule has 0 amide bonds. The normalized spacial score (nSPS) is 11.3. The summed E-state index contributed by atoms with van der Waals surface area (Å²) in [7, 11) is 0. The van der Waals surface area contributed by atoms with Gasteiger partial charge in [0, 0.05) is 27.6 Å². The molecule has 2 aromatic carbocycles. The quantitative estimate of drug-likeness (QED) is 0.402. The SMILES string of the molecule is N#Cc1c(-c2cccc(C(F)(F)F)c2)ccnc1SCc1ccc(Cl)cc1Cl. The molecule has 0 bridgehead atoms. The third-order valence-electron chi connectivity index (χ3n) is 3.91. The van der Waals surface area contributed by atoms with Gasteiger partial charge in [-0.15, -0.1) is 11.8 Å². The van der Waals surface area contributed by atoms with Gasteiger partial charge in [-0.05, 0) is 41.5 Å². The third kappa shape index (κ3) is 4.61. The van der Waals surface area contributed by atoms with Crippen molar-refractivity contribution in [2.45, 2.75) is 17.0 Å². The van der Waals surface area contributed by atoms with Crippen molar-refractivity contribution in [2.75, 3.05) is 0 Å². The molecule has 0 spiro atoms. The van der Waals surface area contributed by atoms with E-state index in [2.05, 4.69) is 11.1 Å². The average molecular weight is 439 g/mol. The molecular weight excluding hydrogens is 428 g/mol. The Balaban J connectivity index is 1.95. The van der Waals surface area contributed by atoms with Gasteiger partial charge in [0.2, 0.25) is 0 Å². The maximum atomic E-state index is 13.0. The van der Waals surface area contributed by atoms with Crippen molar-refractivity contribution in [1.82, 2.24) is 4.98 Å². The zero-order chi connectivity index (χ0) is 20.3. The maximum absolute atomic E-state index is 13.0. The van der Waals surface area contributed by atoms with Crippen molar-refractivity contribution in [2.24, 2.45) is 0 Å². The summed E-state index contributed by atoms with van der Waals surface area (Å²) < 4.78 is 39.0. The van der Waals surface area contributed by atoms with E-state index in [0.29, 0.717) is 32.0 Å². The summed E-state index contributed by atoms with van der Waals surface area (Å²) in [5.41, 5.74) is 0.962. The number of alkyl halides is 3. The predicted molar refractivity (Wildman–Crippen MR) is 105 cm³/mol. The van der Waals surface area contributed by atoms with Gasteiger partial charge in [0.05, 0.1) is 11.1 Å². The first kappa shape index (κ1) is 20.5. The third-order valence-corrected chi connectivity index (χ3v) is 5.53. The molecule has 3 rings (SSSR count). The van der Waals surface area contributed by atoms with Gasteiger partial charge in [-0.3, -0.25) is 0 Å². The minimum Gasteiger partial charge on any atom is -0.248 e. The number of hydrogen-bond donors (Lipinski definition) is 0. The van der Waals surface area contributed by atoms with E-state index < -0.39 is 11.7 Å². The molecule has 1 aromatic heterocycles. The van der Waals surface area contributed by atoms with E-state index in [0.717, 1.165) is 17.7 Å². The lowest BCUT2D eigenvalue weighted by molar-refractivity contribution is -0.137. The molecule has 0 fully saturated rings. The van der Waals surface area contributed by atoms with Crippen LogP contribution in [-0.2, 0) is 11.9 Å². The molecule has 0 unspecified atom stereocenters. The first-order chi connectivity index (χ1) is 13.3. The number of nitriles is 1. The molecule has 28 heavy (non-hydrogen) atoms. The van der Waals surface area contributed by atoms with E-state index in [-0.39, 0.29) is 5.56 Å². The number of nitrogens with zero attached hydrogens (tertiary/aromatic N) is 2. The van der Waals surface area contributed by atoms with Gasteiger partial charge in [-0.2, -0.15) is 18.4 Å². The van der Waals surface area contributed by atoms with Gasteiger partial charge in [0.25, 0.3) is 0 Å². The van der Waals surface area contributed by atoms with Crippen LogP contribution in [0, 0.1) is 11.3 Å². The lowest BCUT2D eigenvalue weighted by Crippen LogP contribution is -2.04. The summed E-state index contributed by atoms with van der Waals surface area (Å²) in [6.07, 6.45) is -2.99. The molecule has 2 nitrogen and oxygen atoms in total. The molecule has 0 saturated heterocycles. The number of aromatic nitrogens is 1. The fraction of sp³-hybridized carbons (Fsp3) is 0.100. The van der Waals surface area contributed by atoms with E-state index in [4.69, 9.17) is 23.2 Å². The molecule has 0 atom stereocenters. The summed E-state index contributed by atoms with van der Waals surface area (Å²) in [5, 5.41) is 11.0. The van der Waals surface area contributed by atoms with Crippen molar-refractivity contribution >= 4 is 35.0 Å². The van der Waals surface area contributed by atoms with Crippen LogP contribution in [0.1, 0.15) is 16.7 Å². The number of benzene rings is 2. The minimum absolute atomic E-state index is 0.219. The Morgan fingerprint density at radius 1 is 1.07 bits per heavy atom. The Morgan fingerprint density at radius 3 is 2.54 bits per heavy atom. The highest BCUT2D eigenvalue weighted by molar-refractivity contribution is 7.98. The van der Waals surface area contributed by atoms with Gasteiger partial charge < -0.3 is 0 Å². The van der Waals surface area contributed by atoms with Gasteiger partial charge in [0.1, 0.15) is 11.1 Å². The van der Waals surface area contributed by atoms with Crippen LogP contribution in [0.2, 0.25) is 10.0 Å². The molecule has 0 N–H and O–H groups in total. The van der Waals surface area contributed by atoms with Crippen molar-refractivity contribution in [3.63, 3.8) is 0 Å². The highest BCUT2D eigenvalue weighted by Gasteiger charge is 2.30. The average Bonchev–Trinajstić information content (AvgIpc) is 2.66. The predicted octanol–water partition coefficient (Wildman–Crippen LogP) is 7.24. The Morgan fingerprint density at radius 2 is 1.86 bits per heavy atom. The number of thioether (sulfide) groups is 1. The Kier molecular flexibility index (Phi) is 6.19. The van der Waals surface area contributed by atoms with Crippen LogP contribution in [0.25, 0.3) is 11.1 Å². The Labute approximate surface area is 173 Å². The molecular formula is C20H11Cl2F3N2S. The van der Waals surface area contributed by atoms with Crippen molar-refractivity contribution in [3.05, 3.63) is 81.5 Å². The van der Waals surface area contributed by atoms with Crippen LogP contribution in [0.5, 0.6) is 0 Å². The second kappa shape index (κ2) is 8.44. The number of rotatable bonds is 4. The lowest BCUT2D eigenvalue weighted by Gasteiger charge is -2.12. The second-order valence-corrected chi connectivity index (χ2v) is 7.56. The van der Waals surface area contributed by atoms with E-state index in [9.17, 15) is 18.4 Å². The number of pyridine rings is 1. The second-order valence-electron chi connectivity index (χ2n) is 5.75. The monoisotopic (exact) mass is 438 g/mol. The molecule has 8 heteroatoms. The van der Waals surface area contributed by atoms with Crippen LogP contribution in [-0.4, -0.2) is 4.98 Å². The zero-order valence-corrected chi connectivity index (χ0v) is 16.4. The van der Waals surface area contributed by atoms with E-state index in [1.807, 2.05) is 0 Å². The van der Waals surface area contributed by atoms with Crippen LogP contribution >= 0.6 is 35.0 Å². The Hall–Kier alpha value is -2.20. The summed E-state index contributed by atoms with van der Waals surface area (Å²) in [6.45, 7) is 0. The summed E-state index contributed by atoms with van der Waals surface area (Å²) in [4.78, 5) is 4.22. The van der Waals surface area contributed by atoms with Crippen molar-refractivity contribution < 1.29 is 13.2 Å². The van der Waals surface area contributed by atoms with Gasteiger partial charge in [-0.1, -0.05) is 41.4 Å². The van der Waals surface area contributed by atoms with Gasteiger partial charge in [0.15, 0.2) is 0 Å². The minimum atomic E-state index is -4.46. The number of halogens is 5. The first-order valence-electron chi connectivity index (χ1n) is 7.93. The molecule has 0 aliphatic rings. The van der Waals surface area contributed by atoms with Crippen molar-refractivity contribution in [1.29, 1.82) is 5.26 Å². The first-order valence-corrected chi connectivity index (χ1v) is 9.67. The molecule has 142 valence electrons. The van der Waals surface area contributed by atoms with Crippen molar-refractivity contribution in [3.8, 4) is 17.2 Å². The number of hydrogen-bond acceptors (Lipinski definition) is 3. The summed E-state index contributed by atoms with van der Waals surface area (Å²) in [5.74, 6) is 0.434. The van der Waals surface area contributed by atoms with E-state index in [1.165, 1.54) is 36.2 Å². The van der Waals surface area contributed by atoms with Crippen LogP contribution in [0.4, 0.5) is 13.2 Å². The maximum Gasteiger partial charge on any atom is 0.416 e. The lowest BCUT2D eigenvalue weighted by atomic mass is 10.0. The highest BCUT2D eigenvalue weighted by atomic mass is 35.5. The van der Waals surface area contributed by atoms with Crippen LogP contribution in [0.15, 0.2) is 59.8 Å². The summed E-state index contributed by atoms with van der Waals surface area (Å²) >= 11 is 13.3. The fourth-order valence-electron chi connectivity index (χ4n) is 2.55. The smallest absolute Gasteiger partial charge is 0.248 e. The highest BCUT2D eigenvalue weighted by Crippen LogP contribution is 2.36. The fourth-order valence-corrected chi connectivity index (χ4v) is 4.08. The van der Waals surface area contributed by atoms with Gasteiger partial charge >= 0.3 is 6.18 Å². The molecule has 0 aliphatic heterocycles. The van der Waals surface area contributed by atoms with E-state index in [1.54, 1.807) is 18.2 Å². The molecule has 0 saturated carbocycles. The summed E-state index contributed by atoms with van der Waals surface area (Å²) in [6, 6.07) is 13.6. The molecule has 1 heterocycles. The largest absolute Gasteiger partial charge is 0.416 e. The van der Waals surface area contributed by atoms with Crippen LogP contribution in [0.3, 0.4) is 0 Å². The Bertz CT molecular complexity index is 1060. The molecule has 0 radical (unpaired) electrons. The molecule has 0 aliphatic carbocycles. The zero-order valence-electron chi connectivity index (χ0n) is 14.1. The standard InChI is InChI=1S/C20H11Cl2F3N2S/c21-15-5-4-13(18(22)9-15)11-28-19-17(10-26)16(6-7-27-19)12-2-1-3-14(8-12)20(23,24)25/h1-9H,11H2. The van der Waals surface area contributed by atoms with Crippen LogP contribution < -0.4 is 0 Å². The van der Waals surface area contributed by atoms with Gasteiger partial charge in [-0.25, -0.2) is 4.98 Å². The van der Waals surface area contributed by atoms with E-state index >= 15 is 0 Å². The molecule has 3 aromatic rings. The topological polar surface area (TPSA) is 36.7 Å².